The molecule has 1 heterocycles. The van der Waals surface area contributed by atoms with Crippen molar-refractivity contribution in [2.45, 2.75) is 32.1 Å². The summed E-state index contributed by atoms with van der Waals surface area (Å²) >= 11 is 0. The quantitative estimate of drug-likeness (QED) is 0.812. The summed E-state index contributed by atoms with van der Waals surface area (Å²) in [4.78, 5) is 0. The molecule has 14 heavy (non-hydrogen) atoms. The van der Waals surface area contributed by atoms with E-state index in [1.54, 1.807) is 7.11 Å². The topological polar surface area (TPSA) is 37.9 Å². The SMILES string of the molecule is CC.COCC1(c2[nH]ncc2F)CC1. The minimum Gasteiger partial charge on any atom is -0.384 e. The van der Waals surface area contributed by atoms with E-state index in [9.17, 15) is 4.39 Å². The molecular weight excluding hydrogens is 183 g/mol. The third kappa shape index (κ3) is 1.95. The van der Waals surface area contributed by atoms with Crippen molar-refractivity contribution in [3.8, 4) is 0 Å². The van der Waals surface area contributed by atoms with Crippen LogP contribution in [0.3, 0.4) is 0 Å². The normalized spacial score (nSPS) is 17.1. The highest BCUT2D eigenvalue weighted by atomic mass is 19.1. The number of aromatic amines is 1. The molecule has 0 radical (unpaired) electrons. The van der Waals surface area contributed by atoms with Gasteiger partial charge >= 0.3 is 0 Å². The molecule has 0 bridgehead atoms. The van der Waals surface area contributed by atoms with Crippen molar-refractivity contribution in [1.29, 1.82) is 0 Å². The van der Waals surface area contributed by atoms with Crippen LogP contribution in [0.4, 0.5) is 4.39 Å². The molecule has 3 nitrogen and oxygen atoms in total. The fourth-order valence-corrected chi connectivity index (χ4v) is 1.54. The maximum atomic E-state index is 13.1. The molecule has 0 atom stereocenters. The summed E-state index contributed by atoms with van der Waals surface area (Å²) in [7, 11) is 1.63. The predicted molar refractivity (Wildman–Crippen MR) is 52.7 cm³/mol. The van der Waals surface area contributed by atoms with Crippen molar-refractivity contribution in [2.75, 3.05) is 13.7 Å². The van der Waals surface area contributed by atoms with Gasteiger partial charge in [-0.05, 0) is 12.8 Å². The van der Waals surface area contributed by atoms with Gasteiger partial charge in [-0.25, -0.2) is 4.39 Å². The summed E-state index contributed by atoms with van der Waals surface area (Å²) in [6, 6.07) is 0. The van der Waals surface area contributed by atoms with Gasteiger partial charge in [0.2, 0.25) is 0 Å². The first-order chi connectivity index (χ1) is 6.78. The molecule has 0 saturated heterocycles. The van der Waals surface area contributed by atoms with Crippen molar-refractivity contribution in [2.24, 2.45) is 0 Å². The van der Waals surface area contributed by atoms with Gasteiger partial charge in [-0.3, -0.25) is 5.10 Å². The van der Waals surface area contributed by atoms with E-state index < -0.39 is 0 Å². The summed E-state index contributed by atoms with van der Waals surface area (Å²) < 4.78 is 18.1. The Labute approximate surface area is 83.7 Å². The Bertz CT molecular complexity index is 281. The molecular formula is C10H17FN2O. The molecule has 1 aromatic rings. The fourth-order valence-electron chi connectivity index (χ4n) is 1.54. The van der Waals surface area contributed by atoms with Crippen LogP contribution in [0.5, 0.6) is 0 Å². The predicted octanol–water partition coefficient (Wildman–Crippen LogP) is 2.25. The molecule has 1 saturated carbocycles. The Kier molecular flexibility index (Phi) is 3.63. The summed E-state index contributed by atoms with van der Waals surface area (Å²) in [6.07, 6.45) is 3.19. The lowest BCUT2D eigenvalue weighted by Crippen LogP contribution is -2.15. The number of hydrogen-bond donors (Lipinski definition) is 1. The van der Waals surface area contributed by atoms with Gasteiger partial charge in [-0.15, -0.1) is 0 Å². The van der Waals surface area contributed by atoms with E-state index in [1.165, 1.54) is 6.20 Å². The molecule has 1 aliphatic rings. The molecule has 1 N–H and O–H groups in total. The molecule has 0 aromatic carbocycles. The maximum absolute atomic E-state index is 13.1. The number of methoxy groups -OCH3 is 1. The Hall–Kier alpha value is -0.900. The van der Waals surface area contributed by atoms with Crippen molar-refractivity contribution < 1.29 is 9.13 Å². The number of ether oxygens (including phenoxy) is 1. The smallest absolute Gasteiger partial charge is 0.164 e. The van der Waals surface area contributed by atoms with Crippen molar-refractivity contribution in [3.05, 3.63) is 17.7 Å². The van der Waals surface area contributed by atoms with Crippen LogP contribution in [-0.4, -0.2) is 23.9 Å². The van der Waals surface area contributed by atoms with Gasteiger partial charge in [-0.2, -0.15) is 5.10 Å². The van der Waals surface area contributed by atoms with Crippen LogP contribution in [-0.2, 0) is 10.2 Å². The number of nitrogens with zero attached hydrogens (tertiary/aromatic N) is 1. The summed E-state index contributed by atoms with van der Waals surface area (Å²) in [5.74, 6) is -0.246. The highest BCUT2D eigenvalue weighted by Gasteiger charge is 2.47. The number of halogens is 1. The average Bonchev–Trinajstić information content (AvgIpc) is 2.85. The van der Waals surface area contributed by atoms with Gasteiger partial charge in [0.1, 0.15) is 0 Å². The summed E-state index contributed by atoms with van der Waals surface area (Å²) in [5, 5.41) is 6.34. The molecule has 0 amide bonds. The van der Waals surface area contributed by atoms with E-state index >= 15 is 0 Å². The molecule has 80 valence electrons. The Morgan fingerprint density at radius 3 is 2.57 bits per heavy atom. The monoisotopic (exact) mass is 200 g/mol. The number of H-pyrrole nitrogens is 1. The van der Waals surface area contributed by atoms with Crippen molar-refractivity contribution in [1.82, 2.24) is 10.2 Å². The van der Waals surface area contributed by atoms with Crippen molar-refractivity contribution in [3.63, 3.8) is 0 Å². The molecule has 0 aliphatic heterocycles. The first kappa shape index (κ1) is 11.2. The number of aromatic nitrogens is 2. The van der Waals surface area contributed by atoms with Gasteiger partial charge in [0, 0.05) is 12.5 Å². The average molecular weight is 200 g/mol. The molecule has 0 unspecified atom stereocenters. The largest absolute Gasteiger partial charge is 0.384 e. The van der Waals surface area contributed by atoms with Gasteiger partial charge in [0.15, 0.2) is 5.82 Å². The van der Waals surface area contributed by atoms with Crippen LogP contribution in [0.25, 0.3) is 0 Å². The Balaban J connectivity index is 0.000000461. The van der Waals surface area contributed by atoms with Crippen LogP contribution in [0, 0.1) is 5.82 Å². The van der Waals surface area contributed by atoms with Crippen LogP contribution >= 0.6 is 0 Å². The Morgan fingerprint density at radius 2 is 2.21 bits per heavy atom. The highest BCUT2D eigenvalue weighted by molar-refractivity contribution is 5.24. The zero-order valence-electron chi connectivity index (χ0n) is 8.93. The van der Waals surface area contributed by atoms with E-state index in [1.807, 2.05) is 13.8 Å². The lowest BCUT2D eigenvalue weighted by Gasteiger charge is -2.10. The zero-order valence-corrected chi connectivity index (χ0v) is 8.93. The van der Waals surface area contributed by atoms with Crippen LogP contribution in [0.2, 0.25) is 0 Å². The second-order valence-corrected chi connectivity index (χ2v) is 3.31. The van der Waals surface area contributed by atoms with Crippen LogP contribution < -0.4 is 0 Å². The number of nitrogens with one attached hydrogen (secondary N) is 1. The number of rotatable bonds is 3. The van der Waals surface area contributed by atoms with Gasteiger partial charge in [-0.1, -0.05) is 13.8 Å². The minimum absolute atomic E-state index is 0.102. The summed E-state index contributed by atoms with van der Waals surface area (Å²) in [6.45, 7) is 4.58. The van der Waals surface area contributed by atoms with E-state index in [0.29, 0.717) is 12.3 Å². The van der Waals surface area contributed by atoms with Gasteiger partial charge < -0.3 is 4.74 Å². The maximum Gasteiger partial charge on any atom is 0.164 e. The second-order valence-electron chi connectivity index (χ2n) is 3.31. The Morgan fingerprint density at radius 1 is 1.57 bits per heavy atom. The highest BCUT2D eigenvalue weighted by Crippen LogP contribution is 2.48. The summed E-state index contributed by atoms with van der Waals surface area (Å²) in [5.41, 5.74) is 0.499. The lowest BCUT2D eigenvalue weighted by atomic mass is 10.0. The third-order valence-electron chi connectivity index (χ3n) is 2.40. The zero-order chi connectivity index (χ0) is 10.6. The first-order valence-electron chi connectivity index (χ1n) is 4.97. The molecule has 2 rings (SSSR count). The van der Waals surface area contributed by atoms with E-state index in [-0.39, 0.29) is 11.2 Å². The van der Waals surface area contributed by atoms with Crippen molar-refractivity contribution >= 4 is 0 Å². The second kappa shape index (κ2) is 4.55. The van der Waals surface area contributed by atoms with Gasteiger partial charge in [0.25, 0.3) is 0 Å². The van der Waals surface area contributed by atoms with Gasteiger partial charge in [0.05, 0.1) is 18.5 Å². The molecule has 0 spiro atoms. The van der Waals surface area contributed by atoms with E-state index in [0.717, 1.165) is 12.8 Å². The molecule has 1 aromatic heterocycles. The third-order valence-corrected chi connectivity index (χ3v) is 2.40. The minimum atomic E-state index is -0.246. The van der Waals surface area contributed by atoms with Crippen LogP contribution in [0.15, 0.2) is 6.20 Å². The standard InChI is InChI=1S/C8H11FN2O.C2H6/c1-12-5-8(2-3-8)7-6(9)4-10-11-7;1-2/h4H,2-3,5H2,1H3,(H,10,11);1-2H3. The van der Waals surface area contributed by atoms with E-state index in [2.05, 4.69) is 10.2 Å². The molecule has 1 aliphatic carbocycles. The first-order valence-corrected chi connectivity index (χ1v) is 4.97. The van der Waals surface area contributed by atoms with Crippen LogP contribution in [0.1, 0.15) is 32.4 Å². The van der Waals surface area contributed by atoms with E-state index in [4.69, 9.17) is 4.74 Å². The number of hydrogen-bond acceptors (Lipinski definition) is 2. The lowest BCUT2D eigenvalue weighted by molar-refractivity contribution is 0.168. The fraction of sp³-hybridized carbons (Fsp3) is 0.700. The molecule has 1 fully saturated rings. The molecule has 4 heteroatoms.